The summed E-state index contributed by atoms with van der Waals surface area (Å²) >= 11 is 0. The van der Waals surface area contributed by atoms with Crippen LogP contribution in [0, 0.1) is 10.1 Å². The summed E-state index contributed by atoms with van der Waals surface area (Å²) < 4.78 is 35.7. The number of nitrogens with one attached hydrogen (secondary N) is 1. The Bertz CT molecular complexity index is 1070. The number of methoxy groups -OCH3 is 2. The molecule has 0 spiro atoms. The number of benzene rings is 2. The van der Waals surface area contributed by atoms with E-state index in [0.29, 0.717) is 11.3 Å². The molecular weight excluding hydrogens is 416 g/mol. The fourth-order valence-electron chi connectivity index (χ4n) is 2.44. The van der Waals surface area contributed by atoms with Crippen molar-refractivity contribution in [3.63, 3.8) is 0 Å². The second-order valence-electron chi connectivity index (χ2n) is 5.95. The van der Waals surface area contributed by atoms with Gasteiger partial charge in [-0.15, -0.1) is 0 Å². The molecule has 0 aromatic heterocycles. The molecule has 30 heavy (non-hydrogen) atoms. The predicted molar refractivity (Wildman–Crippen MR) is 111 cm³/mol. The number of carbonyl (C=O) groups excluding carboxylic acids is 1. The number of anilines is 1. The highest BCUT2D eigenvalue weighted by atomic mass is 32.2. The van der Waals surface area contributed by atoms with Gasteiger partial charge in [0.05, 0.1) is 37.3 Å². The third kappa shape index (κ3) is 5.91. The van der Waals surface area contributed by atoms with E-state index >= 15 is 0 Å². The number of sulfonamides is 1. The number of nitro benzene ring substituents is 1. The van der Waals surface area contributed by atoms with Crippen molar-refractivity contribution >= 4 is 33.5 Å². The van der Waals surface area contributed by atoms with Crippen LogP contribution in [0.2, 0.25) is 0 Å². The number of hydrogen-bond donors (Lipinski definition) is 1. The Kier molecular flexibility index (Phi) is 7.31. The van der Waals surface area contributed by atoms with Crippen LogP contribution in [0.25, 0.3) is 0 Å². The van der Waals surface area contributed by atoms with Gasteiger partial charge in [-0.25, -0.2) is 13.8 Å². The first-order chi connectivity index (χ1) is 14.2. The molecule has 2 rings (SSSR count). The van der Waals surface area contributed by atoms with Crippen LogP contribution >= 0.6 is 0 Å². The molecule has 0 aliphatic rings. The third-order valence-electron chi connectivity index (χ3n) is 3.83. The lowest BCUT2D eigenvalue weighted by molar-refractivity contribution is -0.384. The second kappa shape index (κ2) is 9.69. The maximum atomic E-state index is 12.3. The first-order valence-corrected chi connectivity index (χ1v) is 10.3. The molecule has 11 nitrogen and oxygen atoms in total. The zero-order valence-corrected chi connectivity index (χ0v) is 17.3. The Morgan fingerprint density at radius 3 is 2.57 bits per heavy atom. The van der Waals surface area contributed by atoms with Crippen molar-refractivity contribution in [3.05, 3.63) is 58.1 Å². The number of amides is 1. The molecule has 0 radical (unpaired) electrons. The van der Waals surface area contributed by atoms with Gasteiger partial charge >= 0.3 is 0 Å². The minimum atomic E-state index is -3.85. The molecule has 0 unspecified atom stereocenters. The average Bonchev–Trinajstić information content (AvgIpc) is 2.71. The van der Waals surface area contributed by atoms with Crippen molar-refractivity contribution in [1.29, 1.82) is 0 Å². The predicted octanol–water partition coefficient (Wildman–Crippen LogP) is 1.53. The zero-order valence-electron chi connectivity index (χ0n) is 16.4. The Balaban J connectivity index is 2.19. The zero-order chi connectivity index (χ0) is 22.3. The third-order valence-corrected chi connectivity index (χ3v) is 4.95. The van der Waals surface area contributed by atoms with Gasteiger partial charge in [0.2, 0.25) is 10.0 Å². The van der Waals surface area contributed by atoms with Gasteiger partial charge < -0.3 is 9.47 Å². The van der Waals surface area contributed by atoms with Crippen LogP contribution in [-0.4, -0.2) is 52.5 Å². The summed E-state index contributed by atoms with van der Waals surface area (Å²) in [5.41, 5.74) is 2.58. The molecule has 12 heteroatoms. The van der Waals surface area contributed by atoms with Crippen molar-refractivity contribution < 1.29 is 27.6 Å². The van der Waals surface area contributed by atoms with Crippen LogP contribution in [0.1, 0.15) is 5.56 Å². The van der Waals surface area contributed by atoms with Crippen LogP contribution in [0.15, 0.2) is 47.6 Å². The Hall–Kier alpha value is -3.67. The molecular formula is C18H20N4O7S. The quantitative estimate of drug-likeness (QED) is 0.357. The van der Waals surface area contributed by atoms with E-state index in [1.54, 1.807) is 12.1 Å². The van der Waals surface area contributed by atoms with Crippen LogP contribution < -0.4 is 19.2 Å². The number of hydrogen-bond acceptors (Lipinski definition) is 8. The maximum Gasteiger partial charge on any atom is 0.270 e. The van der Waals surface area contributed by atoms with Gasteiger partial charge in [-0.05, 0) is 12.1 Å². The summed E-state index contributed by atoms with van der Waals surface area (Å²) in [6, 6.07) is 10.2. The Morgan fingerprint density at radius 2 is 1.97 bits per heavy atom. The monoisotopic (exact) mass is 436 g/mol. The molecule has 0 saturated heterocycles. The summed E-state index contributed by atoms with van der Waals surface area (Å²) in [6.45, 7) is -0.575. The van der Waals surface area contributed by atoms with Crippen molar-refractivity contribution in [3.8, 4) is 11.5 Å². The largest absolute Gasteiger partial charge is 0.497 e. The number of rotatable bonds is 9. The van der Waals surface area contributed by atoms with Gasteiger partial charge in [-0.1, -0.05) is 12.1 Å². The number of ether oxygens (including phenoxy) is 2. The summed E-state index contributed by atoms with van der Waals surface area (Å²) in [5.74, 6) is -0.121. The Labute approximate surface area is 173 Å². The SMILES string of the molecule is COc1ccc(OC)c(N(CC(=O)N/N=C\c2cccc([N+](=O)[O-])c2)S(C)(=O)=O)c1. The molecule has 1 amide bonds. The highest BCUT2D eigenvalue weighted by molar-refractivity contribution is 7.92. The van der Waals surface area contributed by atoms with Gasteiger partial charge in [0.1, 0.15) is 18.0 Å². The van der Waals surface area contributed by atoms with E-state index in [2.05, 4.69) is 10.5 Å². The highest BCUT2D eigenvalue weighted by Crippen LogP contribution is 2.33. The number of non-ortho nitro benzene ring substituents is 1. The Morgan fingerprint density at radius 1 is 1.23 bits per heavy atom. The number of hydrazone groups is 1. The summed E-state index contributed by atoms with van der Waals surface area (Å²) in [5, 5.41) is 14.5. The molecule has 0 heterocycles. The summed E-state index contributed by atoms with van der Waals surface area (Å²) in [6.07, 6.45) is 2.16. The molecule has 0 atom stereocenters. The van der Waals surface area contributed by atoms with Crippen LogP contribution in [-0.2, 0) is 14.8 Å². The van der Waals surface area contributed by atoms with Crippen molar-refractivity contribution in [2.45, 2.75) is 0 Å². The lowest BCUT2D eigenvalue weighted by atomic mass is 10.2. The van der Waals surface area contributed by atoms with Crippen LogP contribution in [0.5, 0.6) is 11.5 Å². The molecule has 2 aromatic rings. The standard InChI is InChI=1S/C18H20N4O7S/c1-28-15-7-8-17(29-2)16(10-15)21(30(3,26)27)12-18(23)20-19-11-13-5-4-6-14(9-13)22(24)25/h4-11H,12H2,1-3H3,(H,20,23)/b19-11-. The minimum absolute atomic E-state index is 0.122. The lowest BCUT2D eigenvalue weighted by Crippen LogP contribution is -2.39. The van der Waals surface area contributed by atoms with Crippen molar-refractivity contribution in [2.24, 2.45) is 5.10 Å². The molecule has 0 aliphatic carbocycles. The molecule has 0 bridgehead atoms. The molecule has 1 N–H and O–H groups in total. The molecule has 0 saturated carbocycles. The molecule has 2 aromatic carbocycles. The van der Waals surface area contributed by atoms with Crippen LogP contribution in [0.3, 0.4) is 0 Å². The first kappa shape index (κ1) is 22.6. The number of carbonyl (C=O) groups is 1. The lowest BCUT2D eigenvalue weighted by Gasteiger charge is -2.23. The summed E-state index contributed by atoms with van der Waals surface area (Å²) in [7, 11) is -1.06. The number of nitrogens with zero attached hydrogens (tertiary/aromatic N) is 3. The van der Waals surface area contributed by atoms with E-state index in [1.807, 2.05) is 0 Å². The number of nitro groups is 1. The fraction of sp³-hybridized carbons (Fsp3) is 0.222. The van der Waals surface area contributed by atoms with E-state index in [0.717, 1.165) is 10.6 Å². The van der Waals surface area contributed by atoms with Gasteiger partial charge in [-0.3, -0.25) is 19.2 Å². The fourth-order valence-corrected chi connectivity index (χ4v) is 3.29. The minimum Gasteiger partial charge on any atom is -0.497 e. The van der Waals surface area contributed by atoms with E-state index in [1.165, 1.54) is 50.8 Å². The topological polar surface area (TPSA) is 140 Å². The molecule has 0 fully saturated rings. The molecule has 160 valence electrons. The normalized spacial score (nSPS) is 11.2. The van der Waals surface area contributed by atoms with Gasteiger partial charge in [0.15, 0.2) is 0 Å². The van der Waals surface area contributed by atoms with E-state index in [4.69, 9.17) is 9.47 Å². The van der Waals surface area contributed by atoms with E-state index in [-0.39, 0.29) is 17.1 Å². The summed E-state index contributed by atoms with van der Waals surface area (Å²) in [4.78, 5) is 22.5. The second-order valence-corrected chi connectivity index (χ2v) is 7.86. The van der Waals surface area contributed by atoms with Gasteiger partial charge in [0.25, 0.3) is 11.6 Å². The highest BCUT2D eigenvalue weighted by Gasteiger charge is 2.24. The van der Waals surface area contributed by atoms with E-state index < -0.39 is 27.4 Å². The van der Waals surface area contributed by atoms with E-state index in [9.17, 15) is 23.3 Å². The van der Waals surface area contributed by atoms with Crippen molar-refractivity contribution in [1.82, 2.24) is 5.43 Å². The smallest absolute Gasteiger partial charge is 0.270 e. The maximum absolute atomic E-state index is 12.3. The first-order valence-electron chi connectivity index (χ1n) is 8.42. The average molecular weight is 436 g/mol. The molecule has 0 aliphatic heterocycles. The van der Waals surface area contributed by atoms with Gasteiger partial charge in [-0.2, -0.15) is 5.10 Å². The van der Waals surface area contributed by atoms with Crippen molar-refractivity contribution in [2.75, 3.05) is 31.3 Å². The van der Waals surface area contributed by atoms with Crippen LogP contribution in [0.4, 0.5) is 11.4 Å². The van der Waals surface area contributed by atoms with Gasteiger partial charge in [0, 0.05) is 23.8 Å².